The maximum Gasteiger partial charge on any atom is 0.222 e. The standard InChI is InChI=1S/C20H27N3O2S/c1-13-7-9-18(25-5)16(11-13)12-23(4)19(24)10-8-17-14(2)21-20(26-6)22-15(17)3/h7,9,11H,8,10,12H2,1-6H3. The molecule has 0 aliphatic rings. The van der Waals surface area contributed by atoms with Crippen molar-refractivity contribution in [3.8, 4) is 5.75 Å². The minimum absolute atomic E-state index is 0.0984. The molecule has 0 saturated carbocycles. The number of methoxy groups -OCH3 is 1. The third-order valence-electron chi connectivity index (χ3n) is 4.44. The van der Waals surface area contributed by atoms with E-state index in [1.165, 1.54) is 11.8 Å². The van der Waals surface area contributed by atoms with Crippen molar-refractivity contribution in [3.05, 3.63) is 46.3 Å². The van der Waals surface area contributed by atoms with Gasteiger partial charge in [0.1, 0.15) is 5.75 Å². The minimum Gasteiger partial charge on any atom is -0.496 e. The van der Waals surface area contributed by atoms with Crippen LogP contribution in [0.25, 0.3) is 0 Å². The highest BCUT2D eigenvalue weighted by Gasteiger charge is 2.15. The van der Waals surface area contributed by atoms with Crippen molar-refractivity contribution < 1.29 is 9.53 Å². The molecule has 0 bridgehead atoms. The highest BCUT2D eigenvalue weighted by Crippen LogP contribution is 2.22. The number of rotatable bonds is 7. The summed E-state index contributed by atoms with van der Waals surface area (Å²) in [5, 5.41) is 0.777. The van der Waals surface area contributed by atoms with Crippen LogP contribution in [0, 0.1) is 20.8 Å². The lowest BCUT2D eigenvalue weighted by Crippen LogP contribution is -2.27. The third-order valence-corrected chi connectivity index (χ3v) is 4.99. The Labute approximate surface area is 160 Å². The number of nitrogens with zero attached hydrogens (tertiary/aromatic N) is 3. The monoisotopic (exact) mass is 373 g/mol. The van der Waals surface area contributed by atoms with Crippen molar-refractivity contribution in [2.75, 3.05) is 20.4 Å². The van der Waals surface area contributed by atoms with Crippen LogP contribution in [0.1, 0.15) is 34.5 Å². The second-order valence-corrected chi connectivity index (χ2v) is 7.20. The average Bonchev–Trinajstić information content (AvgIpc) is 2.60. The Morgan fingerprint density at radius 2 is 1.85 bits per heavy atom. The Hall–Kier alpha value is -2.08. The van der Waals surface area contributed by atoms with Gasteiger partial charge in [0.05, 0.1) is 7.11 Å². The molecule has 0 aliphatic heterocycles. The molecule has 0 radical (unpaired) electrons. The Morgan fingerprint density at radius 3 is 2.42 bits per heavy atom. The first-order chi connectivity index (χ1) is 12.3. The summed E-state index contributed by atoms with van der Waals surface area (Å²) in [5.41, 5.74) is 5.15. The molecule has 0 unspecified atom stereocenters. The number of aromatic nitrogens is 2. The van der Waals surface area contributed by atoms with Crippen LogP contribution in [0.3, 0.4) is 0 Å². The maximum absolute atomic E-state index is 12.6. The van der Waals surface area contributed by atoms with E-state index in [2.05, 4.69) is 16.0 Å². The van der Waals surface area contributed by atoms with E-state index in [-0.39, 0.29) is 5.91 Å². The van der Waals surface area contributed by atoms with Gasteiger partial charge in [0.2, 0.25) is 5.91 Å². The summed E-state index contributed by atoms with van der Waals surface area (Å²) in [4.78, 5) is 23.3. The van der Waals surface area contributed by atoms with Gasteiger partial charge in [-0.1, -0.05) is 29.5 Å². The number of aryl methyl sites for hydroxylation is 3. The molecule has 140 valence electrons. The molecule has 26 heavy (non-hydrogen) atoms. The van der Waals surface area contributed by atoms with E-state index < -0.39 is 0 Å². The summed E-state index contributed by atoms with van der Waals surface area (Å²) in [5.74, 6) is 0.907. The van der Waals surface area contributed by atoms with Crippen molar-refractivity contribution in [3.63, 3.8) is 0 Å². The van der Waals surface area contributed by atoms with Crippen molar-refractivity contribution >= 4 is 17.7 Å². The lowest BCUT2D eigenvalue weighted by Gasteiger charge is -2.20. The van der Waals surface area contributed by atoms with Crippen LogP contribution < -0.4 is 4.74 Å². The number of ether oxygens (including phenoxy) is 1. The molecular formula is C20H27N3O2S. The highest BCUT2D eigenvalue weighted by molar-refractivity contribution is 7.98. The van der Waals surface area contributed by atoms with Crippen molar-refractivity contribution in [1.82, 2.24) is 14.9 Å². The summed E-state index contributed by atoms with van der Waals surface area (Å²) in [6.45, 7) is 6.53. The summed E-state index contributed by atoms with van der Waals surface area (Å²) >= 11 is 1.53. The van der Waals surface area contributed by atoms with Crippen LogP contribution in [0.5, 0.6) is 5.75 Å². The van der Waals surface area contributed by atoms with Crippen molar-refractivity contribution in [1.29, 1.82) is 0 Å². The number of thioether (sulfide) groups is 1. The van der Waals surface area contributed by atoms with Gasteiger partial charge in [0, 0.05) is 37.0 Å². The minimum atomic E-state index is 0.0984. The first-order valence-corrected chi connectivity index (χ1v) is 9.83. The number of carbonyl (C=O) groups is 1. The van der Waals surface area contributed by atoms with Gasteiger partial charge in [-0.3, -0.25) is 4.79 Å². The summed E-state index contributed by atoms with van der Waals surface area (Å²) in [6.07, 6.45) is 3.06. The Morgan fingerprint density at radius 1 is 1.19 bits per heavy atom. The lowest BCUT2D eigenvalue weighted by atomic mass is 10.1. The fourth-order valence-electron chi connectivity index (χ4n) is 2.96. The van der Waals surface area contributed by atoms with E-state index in [0.29, 0.717) is 19.4 Å². The number of hydrogen-bond donors (Lipinski definition) is 0. The highest BCUT2D eigenvalue weighted by atomic mass is 32.2. The number of carbonyl (C=O) groups excluding carboxylic acids is 1. The smallest absolute Gasteiger partial charge is 0.222 e. The van der Waals surface area contributed by atoms with Gasteiger partial charge in [0.25, 0.3) is 0 Å². The second kappa shape index (κ2) is 9.03. The van der Waals surface area contributed by atoms with Gasteiger partial charge < -0.3 is 9.64 Å². The summed E-state index contributed by atoms with van der Waals surface area (Å²) in [7, 11) is 3.48. The molecule has 0 aliphatic carbocycles. The molecule has 1 aromatic carbocycles. The van der Waals surface area contributed by atoms with Crippen molar-refractivity contribution in [2.24, 2.45) is 0 Å². The zero-order valence-electron chi connectivity index (χ0n) is 16.4. The predicted molar refractivity (Wildman–Crippen MR) is 106 cm³/mol. The average molecular weight is 374 g/mol. The van der Waals surface area contributed by atoms with Crippen LogP contribution >= 0.6 is 11.8 Å². The van der Waals surface area contributed by atoms with Crippen LogP contribution in [0.4, 0.5) is 0 Å². The van der Waals surface area contributed by atoms with E-state index in [1.54, 1.807) is 12.0 Å². The molecule has 1 aromatic heterocycles. The van der Waals surface area contributed by atoms with Gasteiger partial charge in [0.15, 0.2) is 5.16 Å². The largest absolute Gasteiger partial charge is 0.496 e. The molecule has 5 nitrogen and oxygen atoms in total. The molecule has 0 N–H and O–H groups in total. The maximum atomic E-state index is 12.6. The first-order valence-electron chi connectivity index (χ1n) is 8.61. The molecule has 2 aromatic rings. The van der Waals surface area contributed by atoms with Crippen LogP contribution in [0.2, 0.25) is 0 Å². The fourth-order valence-corrected chi connectivity index (χ4v) is 3.42. The Bertz CT molecular complexity index is 770. The van der Waals surface area contributed by atoms with Gasteiger partial charge in [-0.15, -0.1) is 0 Å². The quantitative estimate of drug-likeness (QED) is 0.547. The summed E-state index contributed by atoms with van der Waals surface area (Å²) < 4.78 is 5.41. The zero-order valence-corrected chi connectivity index (χ0v) is 17.2. The Balaban J connectivity index is 2.03. The zero-order chi connectivity index (χ0) is 19.3. The molecule has 0 spiro atoms. The summed E-state index contributed by atoms with van der Waals surface area (Å²) in [6, 6.07) is 6.01. The van der Waals surface area contributed by atoms with E-state index >= 15 is 0 Å². The molecule has 0 atom stereocenters. The van der Waals surface area contributed by atoms with Gasteiger partial charge in [-0.2, -0.15) is 0 Å². The molecule has 0 saturated heterocycles. The van der Waals surface area contributed by atoms with Gasteiger partial charge >= 0.3 is 0 Å². The number of hydrogen-bond acceptors (Lipinski definition) is 5. The predicted octanol–water partition coefficient (Wildman–Crippen LogP) is 3.72. The SMILES string of the molecule is COc1ccc(C)cc1CN(C)C(=O)CCc1c(C)nc(SC)nc1C. The topological polar surface area (TPSA) is 55.3 Å². The van der Waals surface area contributed by atoms with Gasteiger partial charge in [-0.25, -0.2) is 9.97 Å². The Kier molecular flexibility index (Phi) is 7.03. The molecule has 1 amide bonds. The normalized spacial score (nSPS) is 10.7. The first kappa shape index (κ1) is 20.2. The fraction of sp³-hybridized carbons (Fsp3) is 0.450. The van der Waals surface area contributed by atoms with E-state index in [1.807, 2.05) is 46.2 Å². The third kappa shape index (κ3) is 4.97. The van der Waals surface area contributed by atoms with E-state index in [0.717, 1.165) is 39.0 Å². The molecule has 2 rings (SSSR count). The number of benzene rings is 1. The van der Waals surface area contributed by atoms with Crippen molar-refractivity contribution in [2.45, 2.75) is 45.3 Å². The molecule has 0 fully saturated rings. The molecular weight excluding hydrogens is 346 g/mol. The van der Waals surface area contributed by atoms with E-state index in [9.17, 15) is 4.79 Å². The lowest BCUT2D eigenvalue weighted by molar-refractivity contribution is -0.130. The van der Waals surface area contributed by atoms with Crippen LogP contribution in [-0.2, 0) is 17.8 Å². The molecule has 6 heteroatoms. The van der Waals surface area contributed by atoms with Gasteiger partial charge in [-0.05, 0) is 45.1 Å². The number of amides is 1. The second-order valence-electron chi connectivity index (χ2n) is 6.42. The van der Waals surface area contributed by atoms with Crippen LogP contribution in [0.15, 0.2) is 23.4 Å². The van der Waals surface area contributed by atoms with E-state index in [4.69, 9.17) is 4.74 Å². The molecule has 1 heterocycles. The van der Waals surface area contributed by atoms with Crippen LogP contribution in [-0.4, -0.2) is 41.2 Å².